The molecule has 2 aromatic carbocycles. The normalized spacial score (nSPS) is 11.8. The van der Waals surface area contributed by atoms with Gasteiger partial charge < -0.3 is 20.7 Å². The van der Waals surface area contributed by atoms with Crippen molar-refractivity contribution in [2.24, 2.45) is 0 Å². The van der Waals surface area contributed by atoms with E-state index in [4.69, 9.17) is 0 Å². The number of hydrogen-bond donors (Lipinski definition) is 4. The molecule has 2 amide bonds. The highest BCUT2D eigenvalue weighted by molar-refractivity contribution is 7.98. The molecule has 0 aliphatic carbocycles. The fourth-order valence-corrected chi connectivity index (χ4v) is 3.38. The highest BCUT2D eigenvalue weighted by Gasteiger charge is 2.22. The van der Waals surface area contributed by atoms with E-state index >= 15 is 0 Å². The summed E-state index contributed by atoms with van der Waals surface area (Å²) < 4.78 is 0. The number of H-pyrrole nitrogens is 1. The third kappa shape index (κ3) is 4.97. The molecule has 1 unspecified atom stereocenters. The van der Waals surface area contributed by atoms with Crippen LogP contribution in [0.1, 0.15) is 27.3 Å². The van der Waals surface area contributed by atoms with E-state index in [9.17, 15) is 19.5 Å². The Balaban J connectivity index is 1.78. The monoisotopic (exact) mass is 411 g/mol. The van der Waals surface area contributed by atoms with E-state index in [1.165, 1.54) is 11.8 Å². The van der Waals surface area contributed by atoms with Crippen LogP contribution >= 0.6 is 11.8 Å². The number of fused-ring (bicyclic) bond motifs is 1. The van der Waals surface area contributed by atoms with Crippen LogP contribution in [0.4, 0.5) is 5.69 Å². The summed E-state index contributed by atoms with van der Waals surface area (Å²) in [7, 11) is 0. The van der Waals surface area contributed by atoms with E-state index in [1.807, 2.05) is 30.5 Å². The van der Waals surface area contributed by atoms with Gasteiger partial charge in [-0.3, -0.25) is 9.59 Å². The van der Waals surface area contributed by atoms with Crippen molar-refractivity contribution in [3.05, 3.63) is 65.9 Å². The number of carbonyl (C=O) groups excluding carboxylic acids is 2. The minimum Gasteiger partial charge on any atom is -0.480 e. The molecule has 8 heteroatoms. The maximum Gasteiger partial charge on any atom is 0.326 e. The van der Waals surface area contributed by atoms with E-state index < -0.39 is 23.8 Å². The summed E-state index contributed by atoms with van der Waals surface area (Å²) in [6.07, 6.45) is 2.18. The number of carboxylic acids is 1. The van der Waals surface area contributed by atoms with E-state index in [1.54, 1.807) is 30.3 Å². The van der Waals surface area contributed by atoms with Crippen molar-refractivity contribution in [1.82, 2.24) is 10.3 Å². The predicted molar refractivity (Wildman–Crippen MR) is 115 cm³/mol. The molecule has 0 aliphatic heterocycles. The Morgan fingerprint density at radius 2 is 1.79 bits per heavy atom. The molecule has 1 atom stereocenters. The zero-order chi connectivity index (χ0) is 20.8. The van der Waals surface area contributed by atoms with Crippen LogP contribution in [0, 0.1) is 0 Å². The standard InChI is InChI=1S/C21H21N3O4S/c1-29-11-10-17(21(27)28)24-19(25)14-7-3-5-9-16(14)23-20(26)18-12-13-6-2-4-8-15(13)22-18/h2-9,12,17,22H,10-11H2,1H3,(H,23,26)(H,24,25)(H,27,28). The Labute approximate surface area is 171 Å². The minimum absolute atomic E-state index is 0.201. The van der Waals surface area contributed by atoms with Gasteiger partial charge in [0.05, 0.1) is 11.3 Å². The molecule has 0 spiro atoms. The summed E-state index contributed by atoms with van der Waals surface area (Å²) in [4.78, 5) is 39.8. The molecular weight excluding hydrogens is 390 g/mol. The van der Waals surface area contributed by atoms with Gasteiger partial charge in [0.1, 0.15) is 11.7 Å². The number of aliphatic carboxylic acids is 1. The summed E-state index contributed by atoms with van der Waals surface area (Å²) in [5, 5.41) is 15.5. The molecule has 3 aromatic rings. The molecule has 4 N–H and O–H groups in total. The number of benzene rings is 2. The quantitative estimate of drug-likeness (QED) is 0.454. The molecule has 3 rings (SSSR count). The first-order valence-electron chi connectivity index (χ1n) is 9.00. The fourth-order valence-electron chi connectivity index (χ4n) is 2.90. The number of para-hydroxylation sites is 2. The van der Waals surface area contributed by atoms with Crippen LogP contribution in [0.15, 0.2) is 54.6 Å². The van der Waals surface area contributed by atoms with Gasteiger partial charge in [-0.2, -0.15) is 11.8 Å². The van der Waals surface area contributed by atoms with Crippen LogP contribution in [0.2, 0.25) is 0 Å². The number of aromatic nitrogens is 1. The van der Waals surface area contributed by atoms with Gasteiger partial charge >= 0.3 is 5.97 Å². The predicted octanol–water partition coefficient (Wildman–Crippen LogP) is 3.36. The van der Waals surface area contributed by atoms with Crippen LogP contribution in [-0.2, 0) is 4.79 Å². The van der Waals surface area contributed by atoms with Crippen molar-refractivity contribution in [3.63, 3.8) is 0 Å². The summed E-state index contributed by atoms with van der Waals surface area (Å²) in [6.45, 7) is 0. The Bertz CT molecular complexity index is 1010. The molecule has 150 valence electrons. The molecule has 0 fully saturated rings. The van der Waals surface area contributed by atoms with Gasteiger partial charge in [0, 0.05) is 10.9 Å². The van der Waals surface area contributed by atoms with Crippen LogP contribution in [-0.4, -0.2) is 45.9 Å². The van der Waals surface area contributed by atoms with Crippen molar-refractivity contribution in [3.8, 4) is 0 Å². The molecule has 7 nitrogen and oxygen atoms in total. The Kier molecular flexibility index (Phi) is 6.56. The number of rotatable bonds is 8. The molecule has 0 aliphatic rings. The summed E-state index contributed by atoms with van der Waals surface area (Å²) >= 11 is 1.51. The lowest BCUT2D eigenvalue weighted by Crippen LogP contribution is -2.41. The average Bonchev–Trinajstić information content (AvgIpc) is 3.15. The van der Waals surface area contributed by atoms with E-state index in [0.29, 0.717) is 23.6 Å². The number of anilines is 1. The Morgan fingerprint density at radius 1 is 1.07 bits per heavy atom. The van der Waals surface area contributed by atoms with Gasteiger partial charge in [-0.25, -0.2) is 4.79 Å². The maximum atomic E-state index is 12.7. The van der Waals surface area contributed by atoms with E-state index in [-0.39, 0.29) is 5.56 Å². The second-order valence-electron chi connectivity index (χ2n) is 6.42. The lowest BCUT2D eigenvalue weighted by molar-refractivity contribution is -0.139. The SMILES string of the molecule is CSCCC(NC(=O)c1ccccc1NC(=O)c1cc2ccccc2[nH]1)C(=O)O. The number of thioether (sulfide) groups is 1. The fraction of sp³-hybridized carbons (Fsp3) is 0.190. The van der Waals surface area contributed by atoms with E-state index in [2.05, 4.69) is 15.6 Å². The smallest absolute Gasteiger partial charge is 0.326 e. The van der Waals surface area contributed by atoms with Gasteiger partial charge in [0.2, 0.25) is 0 Å². The van der Waals surface area contributed by atoms with Gasteiger partial charge in [0.15, 0.2) is 0 Å². The van der Waals surface area contributed by atoms with Crippen LogP contribution in [0.3, 0.4) is 0 Å². The van der Waals surface area contributed by atoms with Crippen LogP contribution in [0.5, 0.6) is 0 Å². The topological polar surface area (TPSA) is 111 Å². The summed E-state index contributed by atoms with van der Waals surface area (Å²) in [6, 6.07) is 14.8. The highest BCUT2D eigenvalue weighted by atomic mass is 32.2. The molecule has 29 heavy (non-hydrogen) atoms. The first kappa shape index (κ1) is 20.5. The second kappa shape index (κ2) is 9.29. The zero-order valence-electron chi connectivity index (χ0n) is 15.8. The molecule has 0 saturated carbocycles. The molecule has 1 aromatic heterocycles. The third-order valence-electron chi connectivity index (χ3n) is 4.41. The maximum absolute atomic E-state index is 12.7. The van der Waals surface area contributed by atoms with Crippen molar-refractivity contribution in [2.45, 2.75) is 12.5 Å². The van der Waals surface area contributed by atoms with Gasteiger partial charge in [-0.1, -0.05) is 30.3 Å². The van der Waals surface area contributed by atoms with Gasteiger partial charge in [-0.15, -0.1) is 0 Å². The second-order valence-corrected chi connectivity index (χ2v) is 7.40. The van der Waals surface area contributed by atoms with Gasteiger partial charge in [-0.05, 0) is 42.7 Å². The number of hydrogen-bond acceptors (Lipinski definition) is 4. The lowest BCUT2D eigenvalue weighted by atomic mass is 10.1. The van der Waals surface area contributed by atoms with Crippen LogP contribution in [0.25, 0.3) is 10.9 Å². The van der Waals surface area contributed by atoms with Crippen LogP contribution < -0.4 is 10.6 Å². The average molecular weight is 411 g/mol. The molecule has 0 saturated heterocycles. The first-order chi connectivity index (χ1) is 14.0. The Hall–Kier alpha value is -3.26. The summed E-state index contributed by atoms with van der Waals surface area (Å²) in [5.41, 5.74) is 1.71. The largest absolute Gasteiger partial charge is 0.480 e. The van der Waals surface area contributed by atoms with Gasteiger partial charge in [0.25, 0.3) is 11.8 Å². The minimum atomic E-state index is -1.09. The third-order valence-corrected chi connectivity index (χ3v) is 5.05. The number of nitrogens with one attached hydrogen (secondary N) is 3. The van der Waals surface area contributed by atoms with E-state index in [0.717, 1.165) is 10.9 Å². The molecule has 1 heterocycles. The van der Waals surface area contributed by atoms with Crippen molar-refractivity contribution in [1.29, 1.82) is 0 Å². The number of carbonyl (C=O) groups is 3. The van der Waals surface area contributed by atoms with Crippen molar-refractivity contribution in [2.75, 3.05) is 17.3 Å². The summed E-state index contributed by atoms with van der Waals surface area (Å²) in [5.74, 6) is -1.42. The Morgan fingerprint density at radius 3 is 2.52 bits per heavy atom. The zero-order valence-corrected chi connectivity index (χ0v) is 16.6. The van der Waals surface area contributed by atoms with Crippen molar-refractivity contribution >= 4 is 46.1 Å². The number of aromatic amines is 1. The first-order valence-corrected chi connectivity index (χ1v) is 10.4. The molecule has 0 bridgehead atoms. The molecular formula is C21H21N3O4S. The molecule has 0 radical (unpaired) electrons. The highest BCUT2D eigenvalue weighted by Crippen LogP contribution is 2.19. The lowest BCUT2D eigenvalue weighted by Gasteiger charge is -2.16. The number of amides is 2. The van der Waals surface area contributed by atoms with Crippen molar-refractivity contribution < 1.29 is 19.5 Å². The number of carboxylic acid groups (broad SMARTS) is 1.